The van der Waals surface area contributed by atoms with Gasteiger partial charge in [-0.1, -0.05) is 18.2 Å². The van der Waals surface area contributed by atoms with Crippen LogP contribution < -0.4 is 10.5 Å². The van der Waals surface area contributed by atoms with Crippen molar-refractivity contribution in [3.05, 3.63) is 58.5 Å². The molecule has 5 rings (SSSR count). The third kappa shape index (κ3) is 3.57. The van der Waals surface area contributed by atoms with Gasteiger partial charge in [0.15, 0.2) is 0 Å². The van der Waals surface area contributed by atoms with Gasteiger partial charge in [0.1, 0.15) is 0 Å². The summed E-state index contributed by atoms with van der Waals surface area (Å²) in [5.74, 6) is 0.497. The Morgan fingerprint density at radius 3 is 2.48 bits per heavy atom. The largest absolute Gasteiger partial charge is 0.342 e. The quantitative estimate of drug-likeness (QED) is 0.775. The Labute approximate surface area is 168 Å². The Hall–Kier alpha value is -2.96. The van der Waals surface area contributed by atoms with E-state index in [1.807, 2.05) is 41.3 Å². The molecule has 2 aliphatic heterocycles. The molecule has 2 amide bonds. The lowest BCUT2D eigenvalue weighted by Crippen LogP contribution is -2.54. The van der Waals surface area contributed by atoms with Gasteiger partial charge in [0, 0.05) is 49.6 Å². The van der Waals surface area contributed by atoms with Crippen molar-refractivity contribution in [2.75, 3.05) is 24.5 Å². The molecule has 1 saturated carbocycles. The number of benzene rings is 1. The van der Waals surface area contributed by atoms with E-state index in [0.29, 0.717) is 32.1 Å². The van der Waals surface area contributed by atoms with Crippen LogP contribution in [0.2, 0.25) is 0 Å². The van der Waals surface area contributed by atoms with E-state index >= 15 is 0 Å². The van der Waals surface area contributed by atoms with Crippen molar-refractivity contribution in [1.29, 1.82) is 0 Å². The average Bonchev–Trinajstić information content (AvgIpc) is 3.47. The highest BCUT2D eigenvalue weighted by Gasteiger charge is 2.41. The van der Waals surface area contributed by atoms with Crippen LogP contribution in [-0.2, 0) is 16.1 Å². The lowest BCUT2D eigenvalue weighted by molar-refractivity contribution is -0.142. The molecule has 7 heteroatoms. The summed E-state index contributed by atoms with van der Waals surface area (Å²) in [4.78, 5) is 40.8. The summed E-state index contributed by atoms with van der Waals surface area (Å²) < 4.78 is 1.55. The maximum atomic E-state index is 12.8. The molecule has 3 aliphatic rings. The minimum atomic E-state index is -0.289. The van der Waals surface area contributed by atoms with Crippen molar-refractivity contribution in [2.24, 2.45) is 11.8 Å². The smallest absolute Gasteiger partial charge is 0.266 e. The first-order valence-electron chi connectivity index (χ1n) is 10.3. The first-order valence-corrected chi connectivity index (χ1v) is 10.3. The van der Waals surface area contributed by atoms with Gasteiger partial charge in [0.05, 0.1) is 18.2 Å². The molecule has 3 fully saturated rings. The van der Waals surface area contributed by atoms with Gasteiger partial charge >= 0.3 is 0 Å². The Kier molecular flexibility index (Phi) is 4.45. The SMILES string of the molecule is O=C(C1CC(=O)N(c2ccccc2)C1)N1CC(Cn2nc(C3CC3)ccc2=O)C1. The maximum absolute atomic E-state index is 12.8. The highest BCUT2D eigenvalue weighted by molar-refractivity contribution is 6.00. The highest BCUT2D eigenvalue weighted by Crippen LogP contribution is 2.38. The van der Waals surface area contributed by atoms with Gasteiger partial charge in [-0.05, 0) is 31.0 Å². The van der Waals surface area contributed by atoms with Gasteiger partial charge in [-0.15, -0.1) is 0 Å². The number of nitrogens with zero attached hydrogens (tertiary/aromatic N) is 4. The topological polar surface area (TPSA) is 75.5 Å². The predicted molar refractivity (Wildman–Crippen MR) is 107 cm³/mol. The molecule has 0 bridgehead atoms. The third-order valence-electron chi connectivity index (χ3n) is 6.12. The number of hydrogen-bond donors (Lipinski definition) is 0. The summed E-state index contributed by atoms with van der Waals surface area (Å²) in [6.07, 6.45) is 2.56. The number of aromatic nitrogens is 2. The minimum Gasteiger partial charge on any atom is -0.342 e. The molecular weight excluding hydrogens is 368 g/mol. The van der Waals surface area contributed by atoms with Crippen LogP contribution >= 0.6 is 0 Å². The molecule has 29 heavy (non-hydrogen) atoms. The summed E-state index contributed by atoms with van der Waals surface area (Å²) >= 11 is 0. The van der Waals surface area contributed by atoms with Crippen LogP contribution in [0.25, 0.3) is 0 Å². The zero-order valence-electron chi connectivity index (χ0n) is 16.2. The Morgan fingerprint density at radius 1 is 1.00 bits per heavy atom. The molecule has 2 saturated heterocycles. The van der Waals surface area contributed by atoms with Gasteiger partial charge in [-0.2, -0.15) is 5.10 Å². The second-order valence-electron chi connectivity index (χ2n) is 8.40. The zero-order valence-corrected chi connectivity index (χ0v) is 16.2. The number of para-hydroxylation sites is 1. The van der Waals surface area contributed by atoms with E-state index in [1.165, 1.54) is 0 Å². The number of amides is 2. The van der Waals surface area contributed by atoms with Crippen molar-refractivity contribution < 1.29 is 9.59 Å². The number of anilines is 1. The van der Waals surface area contributed by atoms with E-state index in [2.05, 4.69) is 5.10 Å². The van der Waals surface area contributed by atoms with Gasteiger partial charge in [0.2, 0.25) is 11.8 Å². The van der Waals surface area contributed by atoms with Gasteiger partial charge in [0.25, 0.3) is 5.56 Å². The maximum Gasteiger partial charge on any atom is 0.266 e. The minimum absolute atomic E-state index is 0.000679. The number of carbonyl (C=O) groups is 2. The molecule has 0 radical (unpaired) electrons. The van der Waals surface area contributed by atoms with Crippen molar-refractivity contribution in [3.8, 4) is 0 Å². The first-order chi connectivity index (χ1) is 14.1. The fourth-order valence-electron chi connectivity index (χ4n) is 4.29. The van der Waals surface area contributed by atoms with E-state index in [1.54, 1.807) is 15.6 Å². The fraction of sp³-hybridized carbons (Fsp3) is 0.455. The standard InChI is InChI=1S/C22H24N4O3/c27-20-9-8-19(16-6-7-16)23-26(20)13-15-11-24(12-15)22(29)17-10-21(28)25(14-17)18-4-2-1-3-5-18/h1-5,8-9,15-17H,6-7,10-14H2. The van der Waals surface area contributed by atoms with Crippen LogP contribution in [0.3, 0.4) is 0 Å². The zero-order chi connectivity index (χ0) is 20.0. The molecule has 3 heterocycles. The molecule has 1 aliphatic carbocycles. The molecular formula is C22H24N4O3. The fourth-order valence-corrected chi connectivity index (χ4v) is 4.29. The van der Waals surface area contributed by atoms with Crippen LogP contribution in [0.5, 0.6) is 0 Å². The monoisotopic (exact) mass is 392 g/mol. The summed E-state index contributed by atoms with van der Waals surface area (Å²) in [5.41, 5.74) is 1.76. The molecule has 1 atom stereocenters. The van der Waals surface area contributed by atoms with Crippen molar-refractivity contribution >= 4 is 17.5 Å². The van der Waals surface area contributed by atoms with Crippen LogP contribution in [0.1, 0.15) is 30.9 Å². The van der Waals surface area contributed by atoms with E-state index in [9.17, 15) is 14.4 Å². The molecule has 7 nitrogen and oxygen atoms in total. The van der Waals surface area contributed by atoms with Crippen LogP contribution in [0.15, 0.2) is 47.3 Å². The van der Waals surface area contributed by atoms with Crippen molar-refractivity contribution in [1.82, 2.24) is 14.7 Å². The summed E-state index contributed by atoms with van der Waals surface area (Å²) in [6, 6.07) is 12.9. The number of likely N-dealkylation sites (tertiary alicyclic amines) is 1. The van der Waals surface area contributed by atoms with E-state index in [-0.39, 0.29) is 35.6 Å². The Balaban J connectivity index is 1.17. The molecule has 1 aromatic carbocycles. The van der Waals surface area contributed by atoms with Gasteiger partial charge in [-0.3, -0.25) is 14.4 Å². The van der Waals surface area contributed by atoms with E-state index in [0.717, 1.165) is 24.2 Å². The Morgan fingerprint density at radius 2 is 1.76 bits per heavy atom. The number of rotatable bonds is 5. The van der Waals surface area contributed by atoms with Crippen molar-refractivity contribution in [2.45, 2.75) is 31.7 Å². The van der Waals surface area contributed by atoms with E-state index in [4.69, 9.17) is 0 Å². The first kappa shape index (κ1) is 18.1. The molecule has 1 aromatic heterocycles. The number of hydrogen-bond acceptors (Lipinski definition) is 4. The lowest BCUT2D eigenvalue weighted by Gasteiger charge is -2.40. The summed E-state index contributed by atoms with van der Waals surface area (Å²) in [5, 5.41) is 4.51. The number of carbonyl (C=O) groups excluding carboxylic acids is 2. The van der Waals surface area contributed by atoms with Crippen molar-refractivity contribution in [3.63, 3.8) is 0 Å². The third-order valence-corrected chi connectivity index (χ3v) is 6.12. The van der Waals surface area contributed by atoms with E-state index < -0.39 is 0 Å². The molecule has 0 N–H and O–H groups in total. The van der Waals surface area contributed by atoms with Gasteiger partial charge in [-0.25, -0.2) is 4.68 Å². The summed E-state index contributed by atoms with van der Waals surface area (Å²) in [6.45, 7) is 2.23. The normalized spacial score (nSPS) is 22.1. The molecule has 2 aromatic rings. The van der Waals surface area contributed by atoms with Crippen LogP contribution in [-0.4, -0.2) is 46.1 Å². The van der Waals surface area contributed by atoms with Crippen LogP contribution in [0, 0.1) is 11.8 Å². The lowest BCUT2D eigenvalue weighted by atomic mass is 9.96. The summed E-state index contributed by atoms with van der Waals surface area (Å²) in [7, 11) is 0. The second kappa shape index (κ2) is 7.13. The Bertz CT molecular complexity index is 993. The molecule has 150 valence electrons. The van der Waals surface area contributed by atoms with Crippen LogP contribution in [0.4, 0.5) is 5.69 Å². The average molecular weight is 392 g/mol. The predicted octanol–water partition coefficient (Wildman–Crippen LogP) is 1.63. The molecule has 1 unspecified atom stereocenters. The second-order valence-corrected chi connectivity index (χ2v) is 8.40. The van der Waals surface area contributed by atoms with Gasteiger partial charge < -0.3 is 9.80 Å². The molecule has 0 spiro atoms. The highest BCUT2D eigenvalue weighted by atomic mass is 16.2.